The van der Waals surface area contributed by atoms with Gasteiger partial charge in [0.2, 0.25) is 0 Å². The van der Waals surface area contributed by atoms with E-state index in [1.165, 1.54) is 0 Å². The molecule has 1 aromatic carbocycles. The van der Waals surface area contributed by atoms with Gasteiger partial charge in [-0.3, -0.25) is 0 Å². The van der Waals surface area contributed by atoms with Crippen molar-refractivity contribution in [3.8, 4) is 0 Å². The van der Waals surface area contributed by atoms with E-state index in [2.05, 4.69) is 19.3 Å². The van der Waals surface area contributed by atoms with Crippen molar-refractivity contribution in [3.63, 3.8) is 0 Å². The van der Waals surface area contributed by atoms with E-state index in [1.54, 1.807) is 0 Å². The van der Waals surface area contributed by atoms with Gasteiger partial charge in [0.1, 0.15) is 5.69 Å². The number of benzene rings is 1. The Morgan fingerprint density at radius 3 is 2.17 bits per heavy atom. The highest BCUT2D eigenvalue weighted by Gasteiger charge is 2.26. The molecule has 0 radical (unpaired) electrons. The van der Waals surface area contributed by atoms with Crippen LogP contribution >= 0.6 is 0 Å². The average Bonchev–Trinajstić information content (AvgIpc) is 2.26. The Morgan fingerprint density at radius 2 is 1.67 bits per heavy atom. The molecule has 2 atom stereocenters. The van der Waals surface area contributed by atoms with Crippen molar-refractivity contribution in [1.82, 2.24) is 5.01 Å². The summed E-state index contributed by atoms with van der Waals surface area (Å²) in [5, 5.41) is 1.92. The van der Waals surface area contributed by atoms with Crippen molar-refractivity contribution in [3.05, 3.63) is 23.8 Å². The van der Waals surface area contributed by atoms with E-state index in [-0.39, 0.29) is 23.5 Å². The fraction of sp³-hybridized carbons (Fsp3) is 0.538. The van der Waals surface area contributed by atoms with Crippen LogP contribution in [0.1, 0.15) is 33.1 Å². The molecule has 3 N–H and O–H groups in total. The van der Waals surface area contributed by atoms with Gasteiger partial charge in [0, 0.05) is 17.8 Å². The van der Waals surface area contributed by atoms with E-state index in [0.29, 0.717) is 0 Å². The minimum atomic E-state index is -0.655. The predicted molar refractivity (Wildman–Crippen MR) is 69.0 cm³/mol. The predicted octanol–water partition coefficient (Wildman–Crippen LogP) is 3.14. The lowest BCUT2D eigenvalue weighted by Crippen LogP contribution is -2.47. The number of halogens is 2. The molecule has 0 amide bonds. The van der Waals surface area contributed by atoms with Crippen LogP contribution in [0.2, 0.25) is 0 Å². The summed E-state index contributed by atoms with van der Waals surface area (Å²) in [5.41, 5.74) is 8.24. The summed E-state index contributed by atoms with van der Waals surface area (Å²) in [7, 11) is 0. The number of hydrazine groups is 1. The molecule has 1 aliphatic rings. The number of hydrogen-bond acceptors (Lipinski definition) is 3. The molecule has 0 aromatic heterocycles. The SMILES string of the molecule is CC1CCCC(C)N1Nc1c(F)cc(N)cc1F. The minimum absolute atomic E-state index is 0.0929. The average molecular weight is 255 g/mol. The quantitative estimate of drug-likeness (QED) is 0.798. The first-order chi connectivity index (χ1) is 8.49. The first-order valence-electron chi connectivity index (χ1n) is 6.28. The van der Waals surface area contributed by atoms with Crippen LogP contribution in [0.25, 0.3) is 0 Å². The zero-order valence-corrected chi connectivity index (χ0v) is 10.7. The highest BCUT2D eigenvalue weighted by atomic mass is 19.1. The molecule has 100 valence electrons. The Morgan fingerprint density at radius 1 is 1.17 bits per heavy atom. The topological polar surface area (TPSA) is 41.3 Å². The second-order valence-electron chi connectivity index (χ2n) is 5.01. The molecule has 1 aromatic rings. The molecule has 0 spiro atoms. The Kier molecular flexibility index (Phi) is 3.71. The smallest absolute Gasteiger partial charge is 0.152 e. The first-order valence-corrected chi connectivity index (χ1v) is 6.28. The van der Waals surface area contributed by atoms with E-state index in [9.17, 15) is 8.78 Å². The highest BCUT2D eigenvalue weighted by Crippen LogP contribution is 2.27. The maximum absolute atomic E-state index is 13.7. The van der Waals surface area contributed by atoms with Crippen molar-refractivity contribution in [2.45, 2.75) is 45.2 Å². The Labute approximate surface area is 106 Å². The van der Waals surface area contributed by atoms with Gasteiger partial charge >= 0.3 is 0 Å². The number of nitrogens with two attached hydrogens (primary N) is 1. The summed E-state index contributed by atoms with van der Waals surface area (Å²) in [4.78, 5) is 0. The maximum atomic E-state index is 13.7. The third kappa shape index (κ3) is 2.56. The van der Waals surface area contributed by atoms with Gasteiger partial charge in [-0.25, -0.2) is 13.8 Å². The van der Waals surface area contributed by atoms with E-state index in [1.807, 2.05) is 5.01 Å². The van der Waals surface area contributed by atoms with Crippen molar-refractivity contribution in [2.75, 3.05) is 11.2 Å². The summed E-state index contributed by atoms with van der Waals surface area (Å²) in [5.74, 6) is -1.31. The van der Waals surface area contributed by atoms with Crippen molar-refractivity contribution >= 4 is 11.4 Å². The molecule has 2 unspecified atom stereocenters. The monoisotopic (exact) mass is 255 g/mol. The molecule has 1 heterocycles. The fourth-order valence-electron chi connectivity index (χ4n) is 2.47. The van der Waals surface area contributed by atoms with Crippen LogP contribution in [0.5, 0.6) is 0 Å². The second-order valence-corrected chi connectivity index (χ2v) is 5.01. The van der Waals surface area contributed by atoms with Crippen LogP contribution in [-0.4, -0.2) is 17.1 Å². The molecule has 0 saturated carbocycles. The zero-order chi connectivity index (χ0) is 13.3. The van der Waals surface area contributed by atoms with Crippen LogP contribution in [0.3, 0.4) is 0 Å². The molecule has 0 aliphatic carbocycles. The summed E-state index contributed by atoms with van der Waals surface area (Å²) >= 11 is 0. The first kappa shape index (κ1) is 13.1. The van der Waals surface area contributed by atoms with Gasteiger partial charge < -0.3 is 11.2 Å². The number of rotatable bonds is 2. The lowest BCUT2D eigenvalue weighted by Gasteiger charge is -2.39. The number of nitrogens with zero attached hydrogens (tertiary/aromatic N) is 1. The number of nitrogens with one attached hydrogen (secondary N) is 1. The molecule has 0 bridgehead atoms. The summed E-state index contributed by atoms with van der Waals surface area (Å²) in [6, 6.07) is 2.77. The Bertz CT molecular complexity index is 403. The lowest BCUT2D eigenvalue weighted by molar-refractivity contribution is 0.134. The van der Waals surface area contributed by atoms with Gasteiger partial charge in [-0.2, -0.15) is 0 Å². The Balaban J connectivity index is 2.23. The highest BCUT2D eigenvalue weighted by molar-refractivity contribution is 5.53. The molecule has 5 heteroatoms. The molecule has 18 heavy (non-hydrogen) atoms. The normalized spacial score (nSPS) is 25.1. The van der Waals surface area contributed by atoms with Crippen LogP contribution in [0, 0.1) is 11.6 Å². The van der Waals surface area contributed by atoms with Crippen LogP contribution in [0.15, 0.2) is 12.1 Å². The molecule has 1 fully saturated rings. The molecular weight excluding hydrogens is 236 g/mol. The molecular formula is C13H19F2N3. The van der Waals surface area contributed by atoms with Crippen LogP contribution < -0.4 is 11.2 Å². The van der Waals surface area contributed by atoms with Gasteiger partial charge in [-0.15, -0.1) is 0 Å². The van der Waals surface area contributed by atoms with E-state index in [0.717, 1.165) is 31.4 Å². The van der Waals surface area contributed by atoms with E-state index in [4.69, 9.17) is 5.73 Å². The van der Waals surface area contributed by atoms with Crippen molar-refractivity contribution in [1.29, 1.82) is 0 Å². The van der Waals surface area contributed by atoms with E-state index >= 15 is 0 Å². The maximum Gasteiger partial charge on any atom is 0.152 e. The number of piperidine rings is 1. The van der Waals surface area contributed by atoms with E-state index < -0.39 is 11.6 Å². The summed E-state index contributed by atoms with van der Waals surface area (Å²) in [6.45, 7) is 4.10. The summed E-state index contributed by atoms with van der Waals surface area (Å²) in [6.07, 6.45) is 3.19. The van der Waals surface area contributed by atoms with Gasteiger partial charge in [0.05, 0.1) is 0 Å². The van der Waals surface area contributed by atoms with Gasteiger partial charge in [-0.1, -0.05) is 6.42 Å². The minimum Gasteiger partial charge on any atom is -0.399 e. The number of nitrogen functional groups attached to an aromatic ring is 1. The third-order valence-corrected chi connectivity index (χ3v) is 3.50. The number of hydrogen-bond donors (Lipinski definition) is 2. The van der Waals surface area contributed by atoms with Crippen molar-refractivity contribution < 1.29 is 8.78 Å². The van der Waals surface area contributed by atoms with Gasteiger partial charge in [-0.05, 0) is 38.8 Å². The van der Waals surface area contributed by atoms with Crippen LogP contribution in [0.4, 0.5) is 20.2 Å². The second kappa shape index (κ2) is 5.10. The molecule has 3 nitrogen and oxygen atoms in total. The third-order valence-electron chi connectivity index (χ3n) is 3.50. The van der Waals surface area contributed by atoms with Crippen molar-refractivity contribution in [2.24, 2.45) is 0 Å². The fourth-order valence-corrected chi connectivity index (χ4v) is 2.47. The molecule has 2 rings (SSSR count). The van der Waals surface area contributed by atoms with Gasteiger partial charge in [0.25, 0.3) is 0 Å². The van der Waals surface area contributed by atoms with Gasteiger partial charge in [0.15, 0.2) is 11.6 Å². The molecule has 1 aliphatic heterocycles. The summed E-state index contributed by atoms with van der Waals surface area (Å²) < 4.78 is 27.4. The standard InChI is InChI=1S/C13H19F2N3/c1-8-4-3-5-9(2)18(8)17-13-11(14)6-10(16)7-12(13)15/h6-9,17H,3-5,16H2,1-2H3. The Hall–Kier alpha value is -1.36. The largest absolute Gasteiger partial charge is 0.399 e. The van der Waals surface area contributed by atoms with Crippen LogP contribution in [-0.2, 0) is 0 Å². The number of anilines is 2. The molecule has 1 saturated heterocycles. The zero-order valence-electron chi connectivity index (χ0n) is 10.7. The lowest BCUT2D eigenvalue weighted by atomic mass is 10.00.